The van der Waals surface area contributed by atoms with Crippen LogP contribution in [0.1, 0.15) is 17.2 Å². The Hall–Kier alpha value is -2.20. The minimum absolute atomic E-state index is 0.198. The number of hydrogen-bond acceptors (Lipinski definition) is 3. The molecule has 2 unspecified atom stereocenters. The molecule has 0 aromatic heterocycles. The van der Waals surface area contributed by atoms with Crippen molar-refractivity contribution < 1.29 is 14.2 Å². The summed E-state index contributed by atoms with van der Waals surface area (Å²) in [5.41, 5.74) is 1.17. The second kappa shape index (κ2) is 5.43. The molecule has 102 valence electrons. The minimum Gasteiger partial charge on any atom is -0.466 e. The lowest BCUT2D eigenvalue weighted by Crippen LogP contribution is -2.32. The first-order valence-corrected chi connectivity index (χ1v) is 6.45. The molecule has 3 rings (SSSR count). The van der Waals surface area contributed by atoms with Gasteiger partial charge in [-0.15, -0.1) is 0 Å². The molecule has 4 heteroatoms. The smallest absolute Gasteiger partial charge is 0.219 e. The number of halogens is 1. The van der Waals surface area contributed by atoms with Crippen molar-refractivity contribution in [2.24, 2.45) is 4.99 Å². The molecule has 0 bridgehead atoms. The van der Waals surface area contributed by atoms with Crippen molar-refractivity contribution in [1.29, 1.82) is 0 Å². The van der Waals surface area contributed by atoms with E-state index in [1.807, 2.05) is 30.3 Å². The van der Waals surface area contributed by atoms with Crippen molar-refractivity contribution in [2.75, 3.05) is 6.54 Å². The van der Waals surface area contributed by atoms with Crippen LogP contribution in [0.2, 0.25) is 0 Å². The molecule has 0 radical (unpaired) electrons. The maximum atomic E-state index is 13.8. The SMILES string of the molecule is OC1CN=C(c2ccccc2F)OC1c1ccccc1. The Morgan fingerprint density at radius 3 is 2.50 bits per heavy atom. The summed E-state index contributed by atoms with van der Waals surface area (Å²) in [6.45, 7) is 0.198. The van der Waals surface area contributed by atoms with E-state index in [4.69, 9.17) is 4.74 Å². The third-order valence-electron chi connectivity index (χ3n) is 3.24. The second-order valence-electron chi connectivity index (χ2n) is 4.64. The van der Waals surface area contributed by atoms with Crippen molar-refractivity contribution in [3.63, 3.8) is 0 Å². The highest BCUT2D eigenvalue weighted by Crippen LogP contribution is 2.27. The van der Waals surface area contributed by atoms with Crippen LogP contribution >= 0.6 is 0 Å². The van der Waals surface area contributed by atoms with Crippen LogP contribution in [0.3, 0.4) is 0 Å². The van der Waals surface area contributed by atoms with E-state index in [2.05, 4.69) is 4.99 Å². The molecule has 2 atom stereocenters. The first kappa shape index (κ1) is 12.8. The summed E-state index contributed by atoms with van der Waals surface area (Å²) in [7, 11) is 0. The molecule has 0 amide bonds. The summed E-state index contributed by atoms with van der Waals surface area (Å²) in [6, 6.07) is 15.7. The Morgan fingerprint density at radius 2 is 1.75 bits per heavy atom. The van der Waals surface area contributed by atoms with Gasteiger partial charge in [0.2, 0.25) is 5.90 Å². The van der Waals surface area contributed by atoms with Crippen molar-refractivity contribution >= 4 is 5.90 Å². The topological polar surface area (TPSA) is 41.8 Å². The lowest BCUT2D eigenvalue weighted by Gasteiger charge is -2.28. The Balaban J connectivity index is 1.91. The number of aliphatic imine (C=N–C) groups is 1. The summed E-state index contributed by atoms with van der Waals surface area (Å²) in [5, 5.41) is 10.0. The highest BCUT2D eigenvalue weighted by atomic mass is 19.1. The Morgan fingerprint density at radius 1 is 1.05 bits per heavy atom. The van der Waals surface area contributed by atoms with Gasteiger partial charge in [0.15, 0.2) is 6.10 Å². The van der Waals surface area contributed by atoms with E-state index < -0.39 is 12.2 Å². The third kappa shape index (κ3) is 2.42. The van der Waals surface area contributed by atoms with Gasteiger partial charge >= 0.3 is 0 Å². The monoisotopic (exact) mass is 271 g/mol. The molecule has 0 saturated heterocycles. The van der Waals surface area contributed by atoms with Crippen molar-refractivity contribution in [3.05, 3.63) is 71.5 Å². The van der Waals surface area contributed by atoms with Gasteiger partial charge in [-0.05, 0) is 17.7 Å². The van der Waals surface area contributed by atoms with Gasteiger partial charge in [0, 0.05) is 0 Å². The van der Waals surface area contributed by atoms with Crippen LogP contribution in [-0.2, 0) is 4.74 Å². The summed E-state index contributed by atoms with van der Waals surface area (Å²) in [6.07, 6.45) is -1.25. The number of ether oxygens (including phenoxy) is 1. The van der Waals surface area contributed by atoms with Gasteiger partial charge in [0.1, 0.15) is 11.9 Å². The van der Waals surface area contributed by atoms with E-state index in [9.17, 15) is 9.50 Å². The van der Waals surface area contributed by atoms with E-state index in [0.29, 0.717) is 5.56 Å². The zero-order valence-electron chi connectivity index (χ0n) is 10.7. The summed E-state index contributed by atoms with van der Waals surface area (Å²) in [5.74, 6) is -0.142. The van der Waals surface area contributed by atoms with Gasteiger partial charge in [0.05, 0.1) is 12.1 Å². The van der Waals surface area contributed by atoms with Crippen molar-refractivity contribution in [1.82, 2.24) is 0 Å². The summed E-state index contributed by atoms with van der Waals surface area (Å²) in [4.78, 5) is 4.12. The van der Waals surface area contributed by atoms with Crippen LogP contribution in [0.25, 0.3) is 0 Å². The highest BCUT2D eigenvalue weighted by molar-refractivity contribution is 5.94. The molecule has 2 aromatic carbocycles. The van der Waals surface area contributed by atoms with Crippen LogP contribution in [0, 0.1) is 5.82 Å². The first-order chi connectivity index (χ1) is 9.75. The zero-order chi connectivity index (χ0) is 13.9. The fraction of sp³-hybridized carbons (Fsp3) is 0.188. The van der Waals surface area contributed by atoms with E-state index in [-0.39, 0.29) is 18.3 Å². The predicted octanol–water partition coefficient (Wildman–Crippen LogP) is 2.70. The fourth-order valence-electron chi connectivity index (χ4n) is 2.22. The highest BCUT2D eigenvalue weighted by Gasteiger charge is 2.29. The molecule has 3 nitrogen and oxygen atoms in total. The van der Waals surface area contributed by atoms with Gasteiger partial charge in [-0.1, -0.05) is 42.5 Å². The molecule has 0 fully saturated rings. The largest absolute Gasteiger partial charge is 0.466 e. The molecule has 2 aromatic rings. The Bertz CT molecular complexity index is 627. The molecule has 0 saturated carbocycles. The lowest BCUT2D eigenvalue weighted by molar-refractivity contribution is 0.0215. The molecule has 20 heavy (non-hydrogen) atoms. The number of hydrogen-bond donors (Lipinski definition) is 1. The van der Waals surface area contributed by atoms with Crippen molar-refractivity contribution in [2.45, 2.75) is 12.2 Å². The molecular weight excluding hydrogens is 257 g/mol. The zero-order valence-corrected chi connectivity index (χ0v) is 10.7. The molecule has 1 heterocycles. The fourth-order valence-corrected chi connectivity index (χ4v) is 2.22. The van der Waals surface area contributed by atoms with E-state index >= 15 is 0 Å². The number of nitrogens with zero attached hydrogens (tertiary/aromatic N) is 1. The Kier molecular flexibility index (Phi) is 3.48. The normalized spacial score (nSPS) is 22.0. The number of rotatable bonds is 2. The number of aliphatic hydroxyl groups is 1. The molecule has 1 N–H and O–H groups in total. The van der Waals surface area contributed by atoms with Gasteiger partial charge < -0.3 is 9.84 Å². The summed E-state index contributed by atoms with van der Waals surface area (Å²) >= 11 is 0. The van der Waals surface area contributed by atoms with Crippen LogP contribution < -0.4 is 0 Å². The predicted molar refractivity (Wildman–Crippen MR) is 74.1 cm³/mol. The molecular formula is C16H14FNO2. The van der Waals surface area contributed by atoms with Gasteiger partial charge in [0.25, 0.3) is 0 Å². The van der Waals surface area contributed by atoms with Crippen LogP contribution in [0.15, 0.2) is 59.6 Å². The number of aliphatic hydroxyl groups excluding tert-OH is 1. The van der Waals surface area contributed by atoms with E-state index in [1.54, 1.807) is 18.2 Å². The van der Waals surface area contributed by atoms with Gasteiger partial charge in [-0.2, -0.15) is 0 Å². The third-order valence-corrected chi connectivity index (χ3v) is 3.24. The minimum atomic E-state index is -0.729. The average Bonchev–Trinajstić information content (AvgIpc) is 2.49. The quantitative estimate of drug-likeness (QED) is 0.912. The molecule has 1 aliphatic heterocycles. The first-order valence-electron chi connectivity index (χ1n) is 6.45. The standard InChI is InChI=1S/C16H14FNO2/c17-13-9-5-4-8-12(13)16-18-10-14(19)15(20-16)11-6-2-1-3-7-11/h1-9,14-15,19H,10H2. The van der Waals surface area contributed by atoms with Crippen LogP contribution in [0.5, 0.6) is 0 Å². The van der Waals surface area contributed by atoms with Crippen LogP contribution in [-0.4, -0.2) is 23.7 Å². The lowest BCUT2D eigenvalue weighted by atomic mass is 10.0. The molecule has 0 aliphatic carbocycles. The van der Waals surface area contributed by atoms with Crippen molar-refractivity contribution in [3.8, 4) is 0 Å². The van der Waals surface area contributed by atoms with E-state index in [1.165, 1.54) is 6.07 Å². The summed E-state index contributed by atoms with van der Waals surface area (Å²) < 4.78 is 19.5. The Labute approximate surface area is 116 Å². The van der Waals surface area contributed by atoms with E-state index in [0.717, 1.165) is 5.56 Å². The van der Waals surface area contributed by atoms with Gasteiger partial charge in [-0.3, -0.25) is 0 Å². The maximum Gasteiger partial charge on any atom is 0.219 e. The molecule has 1 aliphatic rings. The second-order valence-corrected chi connectivity index (χ2v) is 4.64. The maximum absolute atomic E-state index is 13.8. The average molecular weight is 271 g/mol. The number of benzene rings is 2. The van der Waals surface area contributed by atoms with Gasteiger partial charge in [-0.25, -0.2) is 9.38 Å². The molecule has 0 spiro atoms. The van der Waals surface area contributed by atoms with Crippen LogP contribution in [0.4, 0.5) is 4.39 Å².